The van der Waals surface area contributed by atoms with Crippen molar-refractivity contribution in [1.29, 1.82) is 0 Å². The summed E-state index contributed by atoms with van der Waals surface area (Å²) in [5.74, 6) is -0.416. The Bertz CT molecular complexity index is 821. The van der Waals surface area contributed by atoms with Crippen molar-refractivity contribution in [3.8, 4) is 11.5 Å². The number of methoxy groups -OCH3 is 2. The van der Waals surface area contributed by atoms with Crippen molar-refractivity contribution in [2.24, 2.45) is 5.10 Å². The fourth-order valence-corrected chi connectivity index (χ4v) is 2.09. The summed E-state index contributed by atoms with van der Waals surface area (Å²) in [5.41, 5.74) is 3.73. The number of benzene rings is 2. The molecular weight excluding hydrogens is 355 g/mol. The third kappa shape index (κ3) is 6.43. The summed E-state index contributed by atoms with van der Waals surface area (Å²) in [4.78, 5) is 23.0. The molecule has 0 aliphatic carbocycles. The van der Waals surface area contributed by atoms with E-state index >= 15 is 0 Å². The Morgan fingerprint density at radius 2 is 1.85 bits per heavy atom. The number of esters is 1. The highest BCUT2D eigenvalue weighted by molar-refractivity contribution is 5.84. The van der Waals surface area contributed by atoms with Crippen molar-refractivity contribution in [1.82, 2.24) is 5.43 Å². The molecule has 2 aromatic rings. The summed E-state index contributed by atoms with van der Waals surface area (Å²) >= 11 is 0. The maximum absolute atomic E-state index is 12.8. The second-order valence-corrected chi connectivity index (χ2v) is 5.37. The van der Waals surface area contributed by atoms with Gasteiger partial charge in [0.15, 0.2) is 18.1 Å². The fourth-order valence-electron chi connectivity index (χ4n) is 2.09. The molecule has 142 valence electrons. The zero-order chi connectivity index (χ0) is 19.6. The van der Waals surface area contributed by atoms with E-state index in [1.165, 1.54) is 44.7 Å². The van der Waals surface area contributed by atoms with Crippen molar-refractivity contribution < 1.29 is 28.2 Å². The Hall–Kier alpha value is -3.42. The van der Waals surface area contributed by atoms with E-state index in [4.69, 9.17) is 9.47 Å². The summed E-state index contributed by atoms with van der Waals surface area (Å²) in [6.45, 7) is -0.236. The van der Waals surface area contributed by atoms with Gasteiger partial charge in [0.25, 0.3) is 0 Å². The smallest absolute Gasteiger partial charge is 0.343 e. The number of nitrogens with zero attached hydrogens (tertiary/aromatic N) is 1. The number of ether oxygens (including phenoxy) is 3. The van der Waals surface area contributed by atoms with Crippen LogP contribution in [0.3, 0.4) is 0 Å². The molecule has 0 aromatic heterocycles. The van der Waals surface area contributed by atoms with Crippen LogP contribution in [0.15, 0.2) is 47.6 Å². The molecule has 27 heavy (non-hydrogen) atoms. The van der Waals surface area contributed by atoms with Crippen LogP contribution in [0.1, 0.15) is 11.1 Å². The first-order valence-corrected chi connectivity index (χ1v) is 7.96. The molecule has 2 rings (SSSR count). The summed E-state index contributed by atoms with van der Waals surface area (Å²) in [7, 11) is 2.73. The lowest BCUT2D eigenvalue weighted by Crippen LogP contribution is -2.19. The summed E-state index contributed by atoms with van der Waals surface area (Å²) in [6, 6.07) is 10.6. The molecule has 2 aromatic carbocycles. The predicted octanol–water partition coefficient (Wildman–Crippen LogP) is 2.08. The number of halogens is 1. The highest BCUT2D eigenvalue weighted by Crippen LogP contribution is 2.27. The molecule has 0 aliphatic rings. The number of rotatable bonds is 8. The van der Waals surface area contributed by atoms with Crippen molar-refractivity contribution in [2.45, 2.75) is 6.42 Å². The van der Waals surface area contributed by atoms with Crippen LogP contribution < -0.4 is 14.9 Å². The molecule has 0 aliphatic heterocycles. The zero-order valence-corrected chi connectivity index (χ0v) is 14.9. The zero-order valence-electron chi connectivity index (χ0n) is 14.9. The van der Waals surface area contributed by atoms with Crippen molar-refractivity contribution in [3.63, 3.8) is 0 Å². The van der Waals surface area contributed by atoms with Crippen LogP contribution in [0.25, 0.3) is 0 Å². The Morgan fingerprint density at radius 1 is 1.11 bits per heavy atom. The van der Waals surface area contributed by atoms with Gasteiger partial charge in [-0.15, -0.1) is 0 Å². The monoisotopic (exact) mass is 374 g/mol. The van der Waals surface area contributed by atoms with E-state index in [9.17, 15) is 14.0 Å². The van der Waals surface area contributed by atoms with E-state index < -0.39 is 5.97 Å². The molecule has 0 saturated carbocycles. The van der Waals surface area contributed by atoms with Crippen LogP contribution in [-0.2, 0) is 20.7 Å². The maximum Gasteiger partial charge on any atom is 0.343 e. The van der Waals surface area contributed by atoms with E-state index in [1.807, 2.05) is 0 Å². The van der Waals surface area contributed by atoms with Crippen LogP contribution in [0.4, 0.5) is 4.39 Å². The number of carbonyl (C=O) groups is 2. The van der Waals surface area contributed by atoms with Gasteiger partial charge in [0.1, 0.15) is 5.82 Å². The van der Waals surface area contributed by atoms with Crippen molar-refractivity contribution in [3.05, 3.63) is 59.4 Å². The molecule has 0 unspecified atom stereocenters. The molecule has 0 fully saturated rings. The van der Waals surface area contributed by atoms with Crippen LogP contribution in [0.2, 0.25) is 0 Å². The quantitative estimate of drug-likeness (QED) is 0.434. The summed E-state index contributed by atoms with van der Waals surface area (Å²) in [6.07, 6.45) is 1.52. The topological polar surface area (TPSA) is 86.2 Å². The van der Waals surface area contributed by atoms with Crippen molar-refractivity contribution >= 4 is 18.1 Å². The number of hydrazone groups is 1. The van der Waals surface area contributed by atoms with Gasteiger partial charge >= 0.3 is 5.97 Å². The van der Waals surface area contributed by atoms with Crippen LogP contribution in [0.5, 0.6) is 11.5 Å². The molecule has 1 amide bonds. The van der Waals surface area contributed by atoms with Gasteiger partial charge in [0, 0.05) is 0 Å². The molecule has 1 N–H and O–H groups in total. The largest absolute Gasteiger partial charge is 0.493 e. The molecule has 0 atom stereocenters. The van der Waals surface area contributed by atoms with E-state index in [0.717, 1.165) is 0 Å². The third-order valence-electron chi connectivity index (χ3n) is 3.44. The van der Waals surface area contributed by atoms with Gasteiger partial charge in [-0.3, -0.25) is 4.79 Å². The Morgan fingerprint density at radius 3 is 2.52 bits per heavy atom. The average molecular weight is 374 g/mol. The molecule has 0 spiro atoms. The molecule has 0 heterocycles. The molecule has 8 heteroatoms. The van der Waals surface area contributed by atoms with Crippen LogP contribution in [-0.4, -0.2) is 38.9 Å². The molecule has 0 radical (unpaired) electrons. The lowest BCUT2D eigenvalue weighted by Gasteiger charge is -2.10. The number of hydrogen-bond donors (Lipinski definition) is 1. The standard InChI is InChI=1S/C19H19FN2O5/c1-25-17-9-14(5-8-16(17)27-12-19(24)26-2)11-21-22-18(23)10-13-3-6-15(20)7-4-13/h3-9,11H,10,12H2,1-2H3,(H,22,23)/b21-11+. The van der Waals surface area contributed by atoms with E-state index in [2.05, 4.69) is 15.3 Å². The van der Waals surface area contributed by atoms with E-state index in [-0.39, 0.29) is 24.8 Å². The first-order chi connectivity index (χ1) is 13.0. The molecule has 0 saturated heterocycles. The Labute approximate surface area is 155 Å². The van der Waals surface area contributed by atoms with E-state index in [1.54, 1.807) is 18.2 Å². The normalized spacial score (nSPS) is 10.5. The third-order valence-corrected chi connectivity index (χ3v) is 3.44. The summed E-state index contributed by atoms with van der Waals surface area (Å²) < 4.78 is 27.9. The number of amides is 1. The minimum atomic E-state index is -0.508. The predicted molar refractivity (Wildman–Crippen MR) is 96.3 cm³/mol. The lowest BCUT2D eigenvalue weighted by atomic mass is 10.1. The molecular formula is C19H19FN2O5. The number of nitrogens with one attached hydrogen (secondary N) is 1. The van der Waals surface area contributed by atoms with Gasteiger partial charge < -0.3 is 14.2 Å². The SMILES string of the molecule is COC(=O)COc1ccc(/C=N/NC(=O)Cc2ccc(F)cc2)cc1OC. The minimum absolute atomic E-state index is 0.0846. The van der Waals surface area contributed by atoms with E-state index in [0.29, 0.717) is 22.6 Å². The highest BCUT2D eigenvalue weighted by Gasteiger charge is 2.08. The van der Waals surface area contributed by atoms with Gasteiger partial charge in [-0.05, 0) is 41.5 Å². The average Bonchev–Trinajstić information content (AvgIpc) is 2.68. The first-order valence-electron chi connectivity index (χ1n) is 7.96. The highest BCUT2D eigenvalue weighted by atomic mass is 19.1. The number of hydrogen-bond acceptors (Lipinski definition) is 6. The number of carbonyl (C=O) groups excluding carboxylic acids is 2. The fraction of sp³-hybridized carbons (Fsp3) is 0.211. The lowest BCUT2D eigenvalue weighted by molar-refractivity contribution is -0.142. The van der Waals surface area contributed by atoms with Gasteiger partial charge in [-0.25, -0.2) is 14.6 Å². The second-order valence-electron chi connectivity index (χ2n) is 5.37. The van der Waals surface area contributed by atoms with Gasteiger partial charge in [-0.1, -0.05) is 12.1 Å². The first kappa shape index (κ1) is 19.9. The van der Waals surface area contributed by atoms with Gasteiger partial charge in [0.05, 0.1) is 26.9 Å². The maximum atomic E-state index is 12.8. The summed E-state index contributed by atoms with van der Waals surface area (Å²) in [5, 5.41) is 3.88. The van der Waals surface area contributed by atoms with Gasteiger partial charge in [0.2, 0.25) is 5.91 Å². The molecule has 7 nitrogen and oxygen atoms in total. The Balaban J connectivity index is 1.92. The molecule has 0 bridgehead atoms. The second kappa shape index (κ2) is 9.91. The van der Waals surface area contributed by atoms with Crippen LogP contribution >= 0.6 is 0 Å². The minimum Gasteiger partial charge on any atom is -0.493 e. The van der Waals surface area contributed by atoms with Crippen molar-refractivity contribution in [2.75, 3.05) is 20.8 Å². The van der Waals surface area contributed by atoms with Gasteiger partial charge in [-0.2, -0.15) is 5.10 Å². The Kier molecular flexibility index (Phi) is 7.30. The van der Waals surface area contributed by atoms with Crippen LogP contribution in [0, 0.1) is 5.82 Å².